The van der Waals surface area contributed by atoms with Gasteiger partial charge in [0.1, 0.15) is 0 Å². The highest BCUT2D eigenvalue weighted by Gasteiger charge is 2.06. The Morgan fingerprint density at radius 2 is 1.38 bits per heavy atom. The van der Waals surface area contributed by atoms with Gasteiger partial charge in [-0.3, -0.25) is 0 Å². The minimum atomic E-state index is -1.79. The highest BCUT2D eigenvalue weighted by molar-refractivity contribution is 8.78. The molecule has 5 N–H and O–H groups in total. The Morgan fingerprint density at radius 3 is 1.86 bits per heavy atom. The lowest BCUT2D eigenvalue weighted by atomic mass is 10.3. The third kappa shape index (κ3) is 17.6. The van der Waals surface area contributed by atoms with E-state index < -0.39 is 11.1 Å². The quantitative estimate of drug-likeness (QED) is 0.210. The summed E-state index contributed by atoms with van der Waals surface area (Å²) in [7, 11) is 7.20. The fourth-order valence-electron chi connectivity index (χ4n) is 1.14. The summed E-state index contributed by atoms with van der Waals surface area (Å²) in [5.74, 6) is 4.67. The molecule has 0 aliphatic carbocycles. The fraction of sp³-hybridized carbons (Fsp3) is 1.00. The Balaban J connectivity index is 3.19. The molecule has 0 rings (SSSR count). The third-order valence-corrected chi connectivity index (χ3v) is 8.62. The van der Waals surface area contributed by atoms with E-state index >= 15 is 0 Å². The molecule has 0 aliphatic rings. The van der Waals surface area contributed by atoms with Gasteiger partial charge < -0.3 is 16.0 Å². The predicted molar refractivity (Wildman–Crippen MR) is 104 cm³/mol. The molecule has 0 aromatic rings. The van der Waals surface area contributed by atoms with E-state index in [1.807, 2.05) is 10.8 Å². The van der Waals surface area contributed by atoms with Crippen molar-refractivity contribution in [3.8, 4) is 0 Å². The van der Waals surface area contributed by atoms with Crippen LogP contribution in [0.4, 0.5) is 0 Å². The molecule has 0 spiro atoms. The topological polar surface area (TPSA) is 106 Å². The van der Waals surface area contributed by atoms with Gasteiger partial charge in [-0.2, -0.15) is 0 Å². The van der Waals surface area contributed by atoms with Crippen molar-refractivity contribution in [2.24, 2.45) is 11.5 Å². The number of nitrogens with two attached hydrogens (primary N) is 2. The lowest BCUT2D eigenvalue weighted by molar-refractivity contribution is 0.554. The molecule has 127 valence electrons. The second kappa shape index (κ2) is 16.3. The molecule has 0 saturated carbocycles. The van der Waals surface area contributed by atoms with Crippen LogP contribution in [0.1, 0.15) is 12.8 Å². The van der Waals surface area contributed by atoms with Crippen LogP contribution in [0.25, 0.3) is 0 Å². The molecule has 5 nitrogen and oxygen atoms in total. The van der Waals surface area contributed by atoms with E-state index in [9.17, 15) is 8.42 Å². The smallest absolute Gasteiger partial charge is 0.154 e. The minimum absolute atomic E-state index is 0.0167. The molecule has 0 aromatic heterocycles. The molecule has 21 heavy (non-hydrogen) atoms. The summed E-state index contributed by atoms with van der Waals surface area (Å²) < 4.78 is 29.5. The molecule has 1 unspecified atom stereocenters. The first-order chi connectivity index (χ1) is 10.1. The first-order valence-corrected chi connectivity index (χ1v) is 13.5. The van der Waals surface area contributed by atoms with Crippen LogP contribution in [0.5, 0.6) is 0 Å². The second-order valence-electron chi connectivity index (χ2n) is 4.16. The number of hydrogen-bond donors (Lipinski definition) is 3. The van der Waals surface area contributed by atoms with Gasteiger partial charge in [-0.25, -0.2) is 8.42 Å². The summed E-state index contributed by atoms with van der Waals surface area (Å²) in [6, 6.07) is -0.173. The molecular weight excluding hydrogens is 389 g/mol. The first kappa shape index (κ1) is 22.4. The molecule has 0 bridgehead atoms. The molecule has 3 atom stereocenters. The van der Waals surface area contributed by atoms with Crippen molar-refractivity contribution in [3.05, 3.63) is 0 Å². The number of hydrogen-bond acceptors (Lipinski definition) is 8. The predicted octanol–water partition coefficient (Wildman–Crippen LogP) is 1.62. The van der Waals surface area contributed by atoms with Crippen molar-refractivity contribution in [2.45, 2.75) is 24.9 Å². The van der Waals surface area contributed by atoms with E-state index in [2.05, 4.69) is 0 Å². The van der Waals surface area contributed by atoms with E-state index in [0.717, 1.165) is 35.9 Å². The summed E-state index contributed by atoms with van der Waals surface area (Å²) >= 11 is -1.23. The Bertz CT molecular complexity index is 288. The van der Waals surface area contributed by atoms with Crippen molar-refractivity contribution in [1.82, 2.24) is 0 Å². The fourth-order valence-corrected chi connectivity index (χ4v) is 7.04. The summed E-state index contributed by atoms with van der Waals surface area (Å²) in [5, 5.41) is 0. The first-order valence-electron chi connectivity index (χ1n) is 6.38. The SMILES string of the molecule is N[C@@H](CCSSCCSSCC[C@H](N)CS(=O)O)C[S]=O. The largest absolute Gasteiger partial charge is 0.327 e. The summed E-state index contributed by atoms with van der Waals surface area (Å²) in [4.78, 5) is 0. The second-order valence-corrected chi connectivity index (χ2v) is 11.1. The lowest BCUT2D eigenvalue weighted by Gasteiger charge is -2.08. The van der Waals surface area contributed by atoms with E-state index in [4.69, 9.17) is 16.0 Å². The van der Waals surface area contributed by atoms with Gasteiger partial charge in [-0.05, 0) is 12.8 Å². The molecule has 0 amide bonds. The molecule has 1 radical (unpaired) electrons. The molecule has 0 aromatic carbocycles. The van der Waals surface area contributed by atoms with Gasteiger partial charge >= 0.3 is 0 Å². The van der Waals surface area contributed by atoms with Crippen molar-refractivity contribution >= 4 is 65.9 Å². The molecule has 0 heterocycles. The average molecular weight is 412 g/mol. The van der Waals surface area contributed by atoms with E-state index in [-0.39, 0.29) is 17.8 Å². The standard InChI is InChI=1S/C10H23N2O3S6/c11-9(7-16-13)1-3-17-19-5-6-20-18-4-2-10(12)8-21(14)15/h9-10H,1-8,11-12H2,(H,14,15)/t9-,10-/m0/s1. The van der Waals surface area contributed by atoms with Crippen LogP contribution in [0.3, 0.4) is 0 Å². The van der Waals surface area contributed by atoms with Gasteiger partial charge in [0.15, 0.2) is 11.1 Å². The Hall–Kier alpha value is 1.45. The monoisotopic (exact) mass is 411 g/mol. The van der Waals surface area contributed by atoms with Gasteiger partial charge in [0.25, 0.3) is 0 Å². The molecule has 0 saturated heterocycles. The Labute approximate surface area is 149 Å². The number of rotatable bonds is 15. The zero-order valence-electron chi connectivity index (χ0n) is 11.7. The Morgan fingerprint density at radius 1 is 0.905 bits per heavy atom. The third-order valence-electron chi connectivity index (χ3n) is 2.20. The maximum Gasteiger partial charge on any atom is 0.154 e. The van der Waals surface area contributed by atoms with Gasteiger partial charge in [-0.15, -0.1) is 0 Å². The van der Waals surface area contributed by atoms with Crippen LogP contribution in [0.15, 0.2) is 0 Å². The van der Waals surface area contributed by atoms with E-state index in [0.29, 0.717) is 17.4 Å². The maximum atomic E-state index is 10.5. The van der Waals surface area contributed by atoms with Crippen molar-refractivity contribution in [2.75, 3.05) is 34.5 Å². The van der Waals surface area contributed by atoms with Crippen LogP contribution in [-0.4, -0.2) is 59.6 Å². The van der Waals surface area contributed by atoms with Gasteiger partial charge in [-0.1, -0.05) is 43.2 Å². The molecule has 0 fully saturated rings. The lowest BCUT2D eigenvalue weighted by Crippen LogP contribution is -2.27. The zero-order chi connectivity index (χ0) is 15.9. The molecule has 0 aliphatic heterocycles. The van der Waals surface area contributed by atoms with Crippen molar-refractivity contribution < 1.29 is 13.0 Å². The Kier molecular flexibility index (Phi) is 17.4. The van der Waals surface area contributed by atoms with Crippen molar-refractivity contribution in [3.63, 3.8) is 0 Å². The molecule has 11 heteroatoms. The van der Waals surface area contributed by atoms with E-state index in [1.54, 1.807) is 32.4 Å². The van der Waals surface area contributed by atoms with Gasteiger partial charge in [0.2, 0.25) is 0 Å². The molecular formula is C10H23N2O3S6. The average Bonchev–Trinajstić information content (AvgIpc) is 2.40. The maximum absolute atomic E-state index is 10.5. The van der Waals surface area contributed by atoms with Crippen LogP contribution in [0, 0.1) is 0 Å². The minimum Gasteiger partial charge on any atom is -0.327 e. The van der Waals surface area contributed by atoms with Crippen LogP contribution >= 0.6 is 43.2 Å². The van der Waals surface area contributed by atoms with Gasteiger partial charge in [0.05, 0.1) is 23.2 Å². The van der Waals surface area contributed by atoms with Crippen LogP contribution in [0.2, 0.25) is 0 Å². The van der Waals surface area contributed by atoms with E-state index in [1.165, 1.54) is 0 Å². The summed E-state index contributed by atoms with van der Waals surface area (Å²) in [6.07, 6.45) is 1.65. The van der Waals surface area contributed by atoms with Gasteiger partial charge in [0, 0.05) is 35.1 Å². The summed E-state index contributed by atoms with van der Waals surface area (Å²) in [5.41, 5.74) is 11.4. The zero-order valence-corrected chi connectivity index (χ0v) is 16.6. The van der Waals surface area contributed by atoms with Crippen LogP contribution < -0.4 is 11.5 Å². The van der Waals surface area contributed by atoms with Crippen LogP contribution in [-0.2, 0) is 22.7 Å². The highest BCUT2D eigenvalue weighted by Crippen LogP contribution is 2.27. The normalized spacial score (nSPS) is 15.6. The van der Waals surface area contributed by atoms with Crippen molar-refractivity contribution in [1.29, 1.82) is 0 Å². The summed E-state index contributed by atoms with van der Waals surface area (Å²) in [6.45, 7) is 0. The highest BCUT2D eigenvalue weighted by atomic mass is 33.1.